The van der Waals surface area contributed by atoms with Gasteiger partial charge in [-0.3, -0.25) is 4.99 Å². The average Bonchev–Trinajstić information content (AvgIpc) is 2.63. The molecule has 0 unspecified atom stereocenters. The van der Waals surface area contributed by atoms with Crippen molar-refractivity contribution >= 4 is 5.71 Å². The molecule has 14 heavy (non-hydrogen) atoms. The van der Waals surface area contributed by atoms with Crippen molar-refractivity contribution in [1.82, 2.24) is 0 Å². The first kappa shape index (κ1) is 9.02. The number of rotatable bonds is 1. The second-order valence-electron chi connectivity index (χ2n) is 3.35. The topological polar surface area (TPSA) is 12.4 Å². The zero-order valence-corrected chi connectivity index (χ0v) is 8.38. The zero-order valence-electron chi connectivity index (χ0n) is 8.38. The van der Waals surface area contributed by atoms with E-state index in [1.54, 1.807) is 0 Å². The number of hydrogen-bond acceptors (Lipinski definition) is 1. The second-order valence-corrected chi connectivity index (χ2v) is 3.35. The predicted molar refractivity (Wildman–Crippen MR) is 59.6 cm³/mol. The summed E-state index contributed by atoms with van der Waals surface area (Å²) in [7, 11) is 0. The van der Waals surface area contributed by atoms with Gasteiger partial charge in [0.25, 0.3) is 0 Å². The van der Waals surface area contributed by atoms with E-state index in [1.807, 2.05) is 6.92 Å². The highest BCUT2D eigenvalue weighted by Crippen LogP contribution is 2.21. The van der Waals surface area contributed by atoms with E-state index in [4.69, 9.17) is 0 Å². The number of benzene rings is 1. The van der Waals surface area contributed by atoms with E-state index in [0.29, 0.717) is 6.54 Å². The summed E-state index contributed by atoms with van der Waals surface area (Å²) < 4.78 is 0. The summed E-state index contributed by atoms with van der Waals surface area (Å²) in [5.74, 6) is 5.83. The first-order valence-electron chi connectivity index (χ1n) is 4.93. The number of aliphatic imine (C=N–C) groups is 1. The van der Waals surface area contributed by atoms with Crippen LogP contribution in [-0.2, 0) is 6.42 Å². The summed E-state index contributed by atoms with van der Waals surface area (Å²) in [5.41, 5.74) is 3.98. The molecule has 2 rings (SSSR count). The van der Waals surface area contributed by atoms with Crippen LogP contribution in [0.15, 0.2) is 29.3 Å². The first-order valence-corrected chi connectivity index (χ1v) is 4.93. The van der Waals surface area contributed by atoms with Crippen LogP contribution in [0.3, 0.4) is 0 Å². The molecule has 1 heteroatoms. The first-order chi connectivity index (χ1) is 6.92. The quantitative estimate of drug-likeness (QED) is 0.593. The van der Waals surface area contributed by atoms with Gasteiger partial charge in [-0.25, -0.2) is 0 Å². The summed E-state index contributed by atoms with van der Waals surface area (Å²) >= 11 is 0. The Balaban J connectivity index is 2.24. The highest BCUT2D eigenvalue weighted by Gasteiger charge is 2.15. The molecule has 1 nitrogen and oxygen atoms in total. The fraction of sp³-hybridized carbons (Fsp3) is 0.308. The minimum atomic E-state index is 0.639. The van der Waals surface area contributed by atoms with E-state index >= 15 is 0 Å². The van der Waals surface area contributed by atoms with Crippen LogP contribution in [0.25, 0.3) is 0 Å². The van der Waals surface area contributed by atoms with E-state index in [2.05, 4.69) is 41.1 Å². The maximum Gasteiger partial charge on any atom is 0.100 e. The summed E-state index contributed by atoms with van der Waals surface area (Å²) in [5, 5.41) is 0. The summed E-state index contributed by atoms with van der Waals surface area (Å²) in [6, 6.07) is 8.50. The van der Waals surface area contributed by atoms with Crippen molar-refractivity contribution in [3.8, 4) is 11.8 Å². The Morgan fingerprint density at radius 2 is 2.14 bits per heavy atom. The maximum atomic E-state index is 4.50. The van der Waals surface area contributed by atoms with E-state index in [1.165, 1.54) is 16.8 Å². The second kappa shape index (κ2) is 4.11. The normalized spacial score (nSPS) is 16.2. The Kier molecular flexibility index (Phi) is 2.65. The maximum absolute atomic E-state index is 4.50. The van der Waals surface area contributed by atoms with Gasteiger partial charge >= 0.3 is 0 Å². The van der Waals surface area contributed by atoms with Crippen molar-refractivity contribution in [3.05, 3.63) is 35.4 Å². The van der Waals surface area contributed by atoms with Gasteiger partial charge in [0.2, 0.25) is 0 Å². The lowest BCUT2D eigenvalue weighted by molar-refractivity contribution is 1.08. The summed E-state index contributed by atoms with van der Waals surface area (Å²) in [4.78, 5) is 4.50. The monoisotopic (exact) mass is 183 g/mol. The molecular formula is C13H13N. The highest BCUT2D eigenvalue weighted by atomic mass is 14.7. The molecule has 1 aromatic rings. The van der Waals surface area contributed by atoms with E-state index in [9.17, 15) is 0 Å². The standard InChI is InChI=1S/C13H13N/c1-2-3-10-14-13-9-8-11-6-4-5-7-12(11)13/h4-7H,8-10H2,1H3/b14-13+. The number of hydrogen-bond donors (Lipinski definition) is 0. The van der Waals surface area contributed by atoms with Gasteiger partial charge in [0, 0.05) is 5.71 Å². The van der Waals surface area contributed by atoms with E-state index in [0.717, 1.165) is 12.8 Å². The Labute approximate surface area is 84.9 Å². The zero-order chi connectivity index (χ0) is 9.80. The van der Waals surface area contributed by atoms with Crippen LogP contribution in [0, 0.1) is 11.8 Å². The van der Waals surface area contributed by atoms with Crippen LogP contribution in [-0.4, -0.2) is 12.3 Å². The van der Waals surface area contributed by atoms with Gasteiger partial charge < -0.3 is 0 Å². The summed E-state index contributed by atoms with van der Waals surface area (Å²) in [6.45, 7) is 2.49. The lowest BCUT2D eigenvalue weighted by atomic mass is 10.1. The molecule has 0 saturated carbocycles. The molecule has 1 aliphatic carbocycles. The third-order valence-corrected chi connectivity index (χ3v) is 2.49. The van der Waals surface area contributed by atoms with Crippen LogP contribution in [0.4, 0.5) is 0 Å². The molecule has 0 N–H and O–H groups in total. The molecule has 0 aromatic heterocycles. The minimum Gasteiger partial charge on any atom is -0.276 e. The van der Waals surface area contributed by atoms with Crippen molar-refractivity contribution in [3.63, 3.8) is 0 Å². The molecule has 0 bridgehead atoms. The molecule has 70 valence electrons. The van der Waals surface area contributed by atoms with Crippen molar-refractivity contribution in [1.29, 1.82) is 0 Å². The molecule has 0 aliphatic heterocycles. The van der Waals surface area contributed by atoms with Crippen LogP contribution >= 0.6 is 0 Å². The van der Waals surface area contributed by atoms with Gasteiger partial charge in [0.1, 0.15) is 6.54 Å². The average molecular weight is 183 g/mol. The van der Waals surface area contributed by atoms with Gasteiger partial charge in [-0.1, -0.05) is 30.2 Å². The van der Waals surface area contributed by atoms with Crippen molar-refractivity contribution in [2.45, 2.75) is 19.8 Å². The van der Waals surface area contributed by atoms with Crippen molar-refractivity contribution in [2.24, 2.45) is 4.99 Å². The van der Waals surface area contributed by atoms with Crippen LogP contribution in [0.5, 0.6) is 0 Å². The molecule has 0 atom stereocenters. The Bertz CT molecular complexity index is 418. The summed E-state index contributed by atoms with van der Waals surface area (Å²) in [6.07, 6.45) is 2.21. The fourth-order valence-electron chi connectivity index (χ4n) is 1.79. The van der Waals surface area contributed by atoms with Crippen LogP contribution < -0.4 is 0 Å². The van der Waals surface area contributed by atoms with Gasteiger partial charge in [-0.05, 0) is 30.9 Å². The fourth-order valence-corrected chi connectivity index (χ4v) is 1.79. The van der Waals surface area contributed by atoms with Crippen LogP contribution in [0.2, 0.25) is 0 Å². The molecule has 1 aliphatic rings. The van der Waals surface area contributed by atoms with Gasteiger partial charge in [-0.2, -0.15) is 0 Å². The minimum absolute atomic E-state index is 0.639. The number of nitrogens with zero attached hydrogens (tertiary/aromatic N) is 1. The molecular weight excluding hydrogens is 170 g/mol. The van der Waals surface area contributed by atoms with Gasteiger partial charge in [0.05, 0.1) is 0 Å². The molecule has 0 radical (unpaired) electrons. The van der Waals surface area contributed by atoms with Gasteiger partial charge in [-0.15, -0.1) is 5.92 Å². The predicted octanol–water partition coefficient (Wildman–Crippen LogP) is 2.45. The largest absolute Gasteiger partial charge is 0.276 e. The third kappa shape index (κ3) is 1.70. The Morgan fingerprint density at radius 3 is 3.00 bits per heavy atom. The Hall–Kier alpha value is -1.55. The van der Waals surface area contributed by atoms with E-state index in [-0.39, 0.29) is 0 Å². The van der Waals surface area contributed by atoms with Crippen molar-refractivity contribution in [2.75, 3.05) is 6.54 Å². The molecule has 0 heterocycles. The number of aryl methyl sites for hydroxylation is 1. The SMILES string of the molecule is CC#CC/N=C1\CCc2ccccc21. The smallest absolute Gasteiger partial charge is 0.100 e. The molecule has 1 aromatic carbocycles. The molecule has 0 amide bonds. The number of fused-ring (bicyclic) bond motifs is 1. The lowest BCUT2D eigenvalue weighted by Crippen LogP contribution is -1.95. The highest BCUT2D eigenvalue weighted by molar-refractivity contribution is 6.04. The third-order valence-electron chi connectivity index (χ3n) is 2.49. The molecule has 0 saturated heterocycles. The van der Waals surface area contributed by atoms with E-state index < -0.39 is 0 Å². The van der Waals surface area contributed by atoms with Crippen molar-refractivity contribution < 1.29 is 0 Å². The van der Waals surface area contributed by atoms with Gasteiger partial charge in [0.15, 0.2) is 0 Å². The molecule has 0 fully saturated rings. The Morgan fingerprint density at radius 1 is 1.29 bits per heavy atom. The molecule has 0 spiro atoms. The van der Waals surface area contributed by atoms with Crippen LogP contribution in [0.1, 0.15) is 24.5 Å². The lowest BCUT2D eigenvalue weighted by Gasteiger charge is -1.97.